The lowest BCUT2D eigenvalue weighted by atomic mass is 10.3. The zero-order valence-electron chi connectivity index (χ0n) is 8.99. The zero-order chi connectivity index (χ0) is 12.8. The van der Waals surface area contributed by atoms with Crippen molar-refractivity contribution in [1.29, 1.82) is 0 Å². The number of carbonyl (C=O) groups excluding carboxylic acids is 1. The van der Waals surface area contributed by atoms with E-state index in [2.05, 4.69) is 15.3 Å². The van der Waals surface area contributed by atoms with E-state index in [1.165, 1.54) is 0 Å². The van der Waals surface area contributed by atoms with Gasteiger partial charge in [-0.2, -0.15) is 10.2 Å². The van der Waals surface area contributed by atoms with Gasteiger partial charge < -0.3 is 10.8 Å². The molecule has 0 aliphatic heterocycles. The van der Waals surface area contributed by atoms with Crippen LogP contribution in [0.25, 0.3) is 0 Å². The van der Waals surface area contributed by atoms with Gasteiger partial charge >= 0.3 is 5.97 Å². The Hall–Kier alpha value is -2.64. The van der Waals surface area contributed by atoms with E-state index in [4.69, 9.17) is 10.8 Å². The van der Waals surface area contributed by atoms with Gasteiger partial charge in [0.25, 0.3) is 5.91 Å². The number of aromatic carboxylic acids is 1. The summed E-state index contributed by atoms with van der Waals surface area (Å²) in [6.07, 6.45) is 3.64. The number of nitrogens with one attached hydrogen (secondary N) is 1. The Bertz CT molecular complexity index is 474. The third-order valence-electron chi connectivity index (χ3n) is 1.70. The fourth-order valence-electron chi connectivity index (χ4n) is 0.903. The molecule has 0 fully saturated rings. The number of carboxylic acids is 1. The minimum absolute atomic E-state index is 0.0811. The monoisotopic (exact) mass is 237 g/mol. The molecule has 2 aromatic rings. The van der Waals surface area contributed by atoms with E-state index in [0.29, 0.717) is 0 Å². The number of aromatic amines is 1. The summed E-state index contributed by atoms with van der Waals surface area (Å²) in [5, 5.41) is 17.7. The molecule has 0 saturated heterocycles. The van der Waals surface area contributed by atoms with Gasteiger partial charge in [0.05, 0.1) is 0 Å². The van der Waals surface area contributed by atoms with E-state index in [1.807, 2.05) is 19.3 Å². The van der Waals surface area contributed by atoms with Gasteiger partial charge in [-0.15, -0.1) is 0 Å². The number of aryl methyl sites for hydroxylation is 1. The van der Waals surface area contributed by atoms with Crippen LogP contribution in [0.15, 0.2) is 24.5 Å². The Morgan fingerprint density at radius 3 is 2.47 bits per heavy atom. The molecule has 1 amide bonds. The highest BCUT2D eigenvalue weighted by molar-refractivity contribution is 5.94. The summed E-state index contributed by atoms with van der Waals surface area (Å²) in [4.78, 5) is 20.6. The van der Waals surface area contributed by atoms with Crippen molar-refractivity contribution < 1.29 is 14.7 Å². The highest BCUT2D eigenvalue weighted by atomic mass is 16.4. The van der Waals surface area contributed by atoms with Gasteiger partial charge in [0.15, 0.2) is 5.69 Å². The minimum Gasteiger partial charge on any atom is -0.477 e. The Balaban J connectivity index is 0.000000202. The lowest BCUT2D eigenvalue weighted by molar-refractivity contribution is 0.0690. The number of H-pyrrole nitrogens is 1. The molecule has 0 bridgehead atoms. The summed E-state index contributed by atoms with van der Waals surface area (Å²) in [7, 11) is 1.89. The molecular formula is C9H11N5O3. The maximum absolute atomic E-state index is 10.4. The Labute approximate surface area is 96.1 Å². The molecule has 2 heterocycles. The smallest absolute Gasteiger partial charge is 0.353 e. The number of aromatic nitrogens is 4. The first-order valence-corrected chi connectivity index (χ1v) is 4.53. The topological polar surface area (TPSA) is 127 Å². The molecule has 4 N–H and O–H groups in total. The number of hydrogen-bond donors (Lipinski definition) is 3. The van der Waals surface area contributed by atoms with Crippen molar-refractivity contribution in [3.05, 3.63) is 35.9 Å². The number of carbonyl (C=O) groups is 2. The second kappa shape index (κ2) is 5.45. The maximum Gasteiger partial charge on any atom is 0.353 e. The summed E-state index contributed by atoms with van der Waals surface area (Å²) in [6.45, 7) is 0. The van der Waals surface area contributed by atoms with Crippen LogP contribution in [-0.4, -0.2) is 37.0 Å². The van der Waals surface area contributed by atoms with Crippen molar-refractivity contribution in [2.75, 3.05) is 0 Å². The molecule has 0 aliphatic carbocycles. The minimum atomic E-state index is -1.18. The predicted octanol–water partition coefficient (Wildman–Crippen LogP) is -0.373. The van der Waals surface area contributed by atoms with Crippen molar-refractivity contribution in [3.63, 3.8) is 0 Å². The molecule has 90 valence electrons. The van der Waals surface area contributed by atoms with E-state index in [-0.39, 0.29) is 11.4 Å². The second-order valence-corrected chi connectivity index (χ2v) is 3.02. The third-order valence-corrected chi connectivity index (χ3v) is 1.70. The number of hydrogen-bond acceptors (Lipinski definition) is 4. The Morgan fingerprint density at radius 2 is 2.24 bits per heavy atom. The molecule has 0 atom stereocenters. The zero-order valence-corrected chi connectivity index (χ0v) is 8.99. The van der Waals surface area contributed by atoms with Crippen LogP contribution in [0.4, 0.5) is 0 Å². The van der Waals surface area contributed by atoms with Crippen LogP contribution in [0.3, 0.4) is 0 Å². The first-order valence-electron chi connectivity index (χ1n) is 4.53. The predicted molar refractivity (Wildman–Crippen MR) is 57.3 cm³/mol. The highest BCUT2D eigenvalue weighted by Gasteiger charge is 2.10. The molecule has 0 spiro atoms. The van der Waals surface area contributed by atoms with Crippen LogP contribution in [0.1, 0.15) is 21.0 Å². The molecule has 8 nitrogen and oxygen atoms in total. The van der Waals surface area contributed by atoms with Crippen molar-refractivity contribution in [2.45, 2.75) is 0 Å². The molecule has 0 saturated carbocycles. The molecule has 0 radical (unpaired) electrons. The van der Waals surface area contributed by atoms with Gasteiger partial charge in [-0.3, -0.25) is 14.6 Å². The van der Waals surface area contributed by atoms with Gasteiger partial charge in [-0.25, -0.2) is 4.79 Å². The average Bonchev–Trinajstić information content (AvgIpc) is 2.87. The molecular weight excluding hydrogens is 226 g/mol. The first kappa shape index (κ1) is 12.4. The summed E-state index contributed by atoms with van der Waals surface area (Å²) in [5.74, 6) is -1.93. The molecule has 8 heteroatoms. The van der Waals surface area contributed by atoms with Gasteiger partial charge in [0.1, 0.15) is 5.69 Å². The first-order chi connectivity index (χ1) is 8.00. The van der Waals surface area contributed by atoms with E-state index in [0.717, 1.165) is 6.07 Å². The van der Waals surface area contributed by atoms with Gasteiger partial charge in [0.2, 0.25) is 0 Å². The van der Waals surface area contributed by atoms with Crippen LogP contribution >= 0.6 is 0 Å². The Kier molecular flexibility index (Phi) is 3.98. The summed E-state index contributed by atoms with van der Waals surface area (Å²) in [6, 6.07) is 2.96. The molecule has 17 heavy (non-hydrogen) atoms. The SMILES string of the molecule is Cn1cccn1.NC(=O)c1cc(C(=O)O)[nH]n1. The summed E-state index contributed by atoms with van der Waals surface area (Å²) < 4.78 is 1.75. The highest BCUT2D eigenvalue weighted by Crippen LogP contribution is 1.97. The third kappa shape index (κ3) is 3.78. The molecule has 0 unspecified atom stereocenters. The van der Waals surface area contributed by atoms with E-state index in [1.54, 1.807) is 10.9 Å². The van der Waals surface area contributed by atoms with Crippen LogP contribution in [0.5, 0.6) is 0 Å². The fourth-order valence-corrected chi connectivity index (χ4v) is 0.903. The largest absolute Gasteiger partial charge is 0.477 e. The lowest BCUT2D eigenvalue weighted by Crippen LogP contribution is -2.11. The fraction of sp³-hybridized carbons (Fsp3) is 0.111. The number of carboxylic acid groups (broad SMARTS) is 1. The maximum atomic E-state index is 10.4. The standard InChI is InChI=1S/C5H5N3O3.C4H6N2/c6-4(9)2-1-3(5(10)11)8-7-2;1-6-4-2-3-5-6/h1H,(H2,6,9)(H,7,8)(H,10,11);2-4H,1H3. The van der Waals surface area contributed by atoms with E-state index < -0.39 is 11.9 Å². The van der Waals surface area contributed by atoms with Gasteiger partial charge in [-0.1, -0.05) is 0 Å². The van der Waals surface area contributed by atoms with Crippen LogP contribution in [0.2, 0.25) is 0 Å². The van der Waals surface area contributed by atoms with E-state index in [9.17, 15) is 9.59 Å². The number of primary amides is 1. The van der Waals surface area contributed by atoms with Crippen LogP contribution in [-0.2, 0) is 7.05 Å². The quantitative estimate of drug-likeness (QED) is 0.656. The van der Waals surface area contributed by atoms with Gasteiger partial charge in [-0.05, 0) is 6.07 Å². The number of nitrogens with two attached hydrogens (primary N) is 1. The van der Waals surface area contributed by atoms with Crippen LogP contribution < -0.4 is 5.73 Å². The average molecular weight is 237 g/mol. The van der Waals surface area contributed by atoms with Gasteiger partial charge in [0, 0.05) is 25.5 Å². The summed E-state index contributed by atoms with van der Waals surface area (Å²) >= 11 is 0. The van der Waals surface area contributed by atoms with E-state index >= 15 is 0 Å². The molecule has 2 rings (SSSR count). The van der Waals surface area contributed by atoms with Crippen molar-refractivity contribution in [3.8, 4) is 0 Å². The normalized spacial score (nSPS) is 9.24. The number of rotatable bonds is 2. The van der Waals surface area contributed by atoms with Crippen molar-refractivity contribution in [2.24, 2.45) is 12.8 Å². The van der Waals surface area contributed by atoms with Crippen molar-refractivity contribution in [1.82, 2.24) is 20.0 Å². The van der Waals surface area contributed by atoms with Crippen LogP contribution in [0, 0.1) is 0 Å². The second-order valence-electron chi connectivity index (χ2n) is 3.02. The molecule has 0 aromatic carbocycles. The molecule has 2 aromatic heterocycles. The molecule has 0 aliphatic rings. The number of nitrogens with zero attached hydrogens (tertiary/aromatic N) is 3. The number of amides is 1. The van der Waals surface area contributed by atoms with Crippen molar-refractivity contribution >= 4 is 11.9 Å². The lowest BCUT2D eigenvalue weighted by Gasteiger charge is -1.80. The summed E-state index contributed by atoms with van der Waals surface area (Å²) in [5.41, 5.74) is 4.58. The Morgan fingerprint density at radius 1 is 1.53 bits per heavy atom.